The molecule has 7 heteroatoms. The summed E-state index contributed by atoms with van der Waals surface area (Å²) in [6, 6.07) is 15.5. The lowest BCUT2D eigenvalue weighted by molar-refractivity contribution is -0.120. The van der Waals surface area contributed by atoms with Crippen molar-refractivity contribution >= 4 is 21.6 Å². The van der Waals surface area contributed by atoms with Gasteiger partial charge in [-0.1, -0.05) is 35.9 Å². The van der Waals surface area contributed by atoms with E-state index >= 15 is 0 Å². The van der Waals surface area contributed by atoms with Crippen molar-refractivity contribution in [2.45, 2.75) is 30.7 Å². The monoisotopic (exact) mass is 401 g/mol. The molecule has 3 rings (SSSR count). The molecule has 1 heterocycles. The molecule has 1 N–H and O–H groups in total. The van der Waals surface area contributed by atoms with E-state index in [0.29, 0.717) is 5.69 Å². The van der Waals surface area contributed by atoms with Gasteiger partial charge in [0.25, 0.3) is 10.0 Å². The highest BCUT2D eigenvalue weighted by molar-refractivity contribution is 7.92. The summed E-state index contributed by atoms with van der Waals surface area (Å²) in [7, 11) is -1.79. The maximum atomic E-state index is 13.2. The number of carbonyl (C=O) groups is 1. The average molecular weight is 402 g/mol. The smallest absolute Gasteiger partial charge is 0.264 e. The Bertz CT molecular complexity index is 890. The van der Waals surface area contributed by atoms with Gasteiger partial charge in [0.1, 0.15) is 6.54 Å². The summed E-state index contributed by atoms with van der Waals surface area (Å²) in [5, 5.41) is 3.00. The molecule has 0 bridgehead atoms. The summed E-state index contributed by atoms with van der Waals surface area (Å²) in [4.78, 5) is 15.1. The Morgan fingerprint density at radius 3 is 2.29 bits per heavy atom. The van der Waals surface area contributed by atoms with Gasteiger partial charge in [0.15, 0.2) is 0 Å². The Morgan fingerprint density at radius 2 is 1.68 bits per heavy atom. The minimum atomic E-state index is -3.85. The van der Waals surface area contributed by atoms with Crippen molar-refractivity contribution in [3.63, 3.8) is 0 Å². The Balaban J connectivity index is 1.82. The molecule has 0 aromatic heterocycles. The van der Waals surface area contributed by atoms with Crippen LogP contribution in [-0.4, -0.2) is 51.9 Å². The van der Waals surface area contributed by atoms with Crippen LogP contribution in [-0.2, 0) is 14.8 Å². The third-order valence-corrected chi connectivity index (χ3v) is 6.81. The van der Waals surface area contributed by atoms with Crippen molar-refractivity contribution in [3.8, 4) is 0 Å². The van der Waals surface area contributed by atoms with Gasteiger partial charge in [-0.2, -0.15) is 0 Å². The van der Waals surface area contributed by atoms with Crippen LogP contribution in [0.25, 0.3) is 0 Å². The third-order valence-electron chi connectivity index (χ3n) is 5.02. The molecule has 1 saturated heterocycles. The van der Waals surface area contributed by atoms with E-state index in [4.69, 9.17) is 0 Å². The quantitative estimate of drug-likeness (QED) is 0.807. The second-order valence-corrected chi connectivity index (χ2v) is 9.17. The fourth-order valence-corrected chi connectivity index (χ4v) is 4.74. The second kappa shape index (κ2) is 8.75. The van der Waals surface area contributed by atoms with Crippen molar-refractivity contribution in [1.82, 2.24) is 10.2 Å². The number of aryl methyl sites for hydroxylation is 1. The largest absolute Gasteiger partial charge is 0.352 e. The average Bonchev–Trinajstić information content (AvgIpc) is 2.69. The van der Waals surface area contributed by atoms with Crippen LogP contribution in [0.5, 0.6) is 0 Å². The molecule has 1 amide bonds. The molecule has 0 radical (unpaired) electrons. The van der Waals surface area contributed by atoms with E-state index in [2.05, 4.69) is 17.3 Å². The molecule has 150 valence electrons. The van der Waals surface area contributed by atoms with Gasteiger partial charge in [-0.05, 0) is 64.2 Å². The summed E-state index contributed by atoms with van der Waals surface area (Å²) < 4.78 is 27.6. The number of sulfonamides is 1. The summed E-state index contributed by atoms with van der Waals surface area (Å²) in [5.41, 5.74) is 1.50. The van der Waals surface area contributed by atoms with Gasteiger partial charge in [0.2, 0.25) is 5.91 Å². The van der Waals surface area contributed by atoms with Gasteiger partial charge in [-0.15, -0.1) is 0 Å². The predicted molar refractivity (Wildman–Crippen MR) is 111 cm³/mol. The number of likely N-dealkylation sites (tertiary alicyclic amines) is 1. The molecular weight excluding hydrogens is 374 g/mol. The zero-order chi connectivity index (χ0) is 20.1. The topological polar surface area (TPSA) is 69.7 Å². The first-order valence-electron chi connectivity index (χ1n) is 9.48. The van der Waals surface area contributed by atoms with E-state index < -0.39 is 10.0 Å². The second-order valence-electron chi connectivity index (χ2n) is 7.31. The summed E-state index contributed by atoms with van der Waals surface area (Å²) >= 11 is 0. The lowest BCUT2D eigenvalue weighted by Crippen LogP contribution is -2.47. The Labute approximate surface area is 167 Å². The highest BCUT2D eigenvalue weighted by Crippen LogP contribution is 2.24. The number of carbonyl (C=O) groups excluding carboxylic acids is 1. The van der Waals surface area contributed by atoms with Gasteiger partial charge < -0.3 is 10.2 Å². The molecule has 28 heavy (non-hydrogen) atoms. The first-order valence-corrected chi connectivity index (χ1v) is 10.9. The van der Waals surface area contributed by atoms with E-state index in [0.717, 1.165) is 31.5 Å². The zero-order valence-electron chi connectivity index (χ0n) is 16.3. The summed E-state index contributed by atoms with van der Waals surface area (Å²) in [6.45, 7) is 3.54. The fraction of sp³-hybridized carbons (Fsp3) is 0.381. The number of nitrogens with one attached hydrogen (secondary N) is 1. The number of nitrogens with zero attached hydrogens (tertiary/aromatic N) is 2. The molecule has 0 atom stereocenters. The zero-order valence-corrected chi connectivity index (χ0v) is 17.2. The van der Waals surface area contributed by atoms with Gasteiger partial charge in [0, 0.05) is 6.04 Å². The van der Waals surface area contributed by atoms with E-state index in [1.54, 1.807) is 42.5 Å². The lowest BCUT2D eigenvalue weighted by Gasteiger charge is -2.30. The molecule has 2 aromatic rings. The predicted octanol–water partition coefficient (Wildman–Crippen LogP) is 2.40. The van der Waals surface area contributed by atoms with Crippen LogP contribution in [0.15, 0.2) is 59.5 Å². The number of rotatable bonds is 6. The van der Waals surface area contributed by atoms with Gasteiger partial charge in [-0.25, -0.2) is 8.42 Å². The van der Waals surface area contributed by atoms with E-state index in [1.165, 1.54) is 4.31 Å². The number of benzene rings is 2. The van der Waals surface area contributed by atoms with Crippen LogP contribution < -0.4 is 9.62 Å². The third kappa shape index (κ3) is 4.91. The number of hydrogen-bond acceptors (Lipinski definition) is 4. The maximum absolute atomic E-state index is 13.2. The van der Waals surface area contributed by atoms with Crippen LogP contribution >= 0.6 is 0 Å². The van der Waals surface area contributed by atoms with Gasteiger partial charge in [0.05, 0.1) is 10.6 Å². The van der Waals surface area contributed by atoms with Crippen LogP contribution in [0.3, 0.4) is 0 Å². The Kier molecular flexibility index (Phi) is 6.36. The standard InChI is InChI=1S/C21H27N3O3S/c1-17-8-10-19(11-9-17)24(28(26,27)20-6-4-3-5-7-20)16-21(25)22-18-12-14-23(2)15-13-18/h3-11,18H,12-16H2,1-2H3,(H,22,25). The van der Waals surface area contributed by atoms with Crippen LogP contribution in [0.4, 0.5) is 5.69 Å². The molecule has 0 spiro atoms. The number of piperidine rings is 1. The summed E-state index contributed by atoms with van der Waals surface area (Å²) in [5.74, 6) is -0.283. The maximum Gasteiger partial charge on any atom is 0.264 e. The van der Waals surface area contributed by atoms with Crippen LogP contribution in [0.1, 0.15) is 18.4 Å². The number of hydrogen-bond donors (Lipinski definition) is 1. The Hall–Kier alpha value is -2.38. The molecule has 1 aliphatic rings. The van der Waals surface area contributed by atoms with Crippen molar-refractivity contribution in [2.75, 3.05) is 31.0 Å². The molecule has 6 nitrogen and oxygen atoms in total. The number of amides is 1. The van der Waals surface area contributed by atoms with Crippen molar-refractivity contribution < 1.29 is 13.2 Å². The van der Waals surface area contributed by atoms with Crippen molar-refractivity contribution in [3.05, 3.63) is 60.2 Å². The normalized spacial score (nSPS) is 15.9. The molecule has 2 aromatic carbocycles. The molecule has 0 saturated carbocycles. The van der Waals surface area contributed by atoms with Crippen LogP contribution in [0.2, 0.25) is 0 Å². The molecular formula is C21H27N3O3S. The van der Waals surface area contributed by atoms with Gasteiger partial charge >= 0.3 is 0 Å². The minimum Gasteiger partial charge on any atom is -0.352 e. The Morgan fingerprint density at radius 1 is 1.07 bits per heavy atom. The first kappa shape index (κ1) is 20.4. The van der Waals surface area contributed by atoms with Gasteiger partial charge in [-0.3, -0.25) is 9.10 Å². The van der Waals surface area contributed by atoms with Crippen LogP contribution in [0, 0.1) is 6.92 Å². The van der Waals surface area contributed by atoms with E-state index in [-0.39, 0.29) is 23.4 Å². The first-order chi connectivity index (χ1) is 13.4. The molecule has 0 unspecified atom stereocenters. The lowest BCUT2D eigenvalue weighted by atomic mass is 10.1. The molecule has 1 aliphatic heterocycles. The van der Waals surface area contributed by atoms with E-state index in [9.17, 15) is 13.2 Å². The van der Waals surface area contributed by atoms with Crippen molar-refractivity contribution in [1.29, 1.82) is 0 Å². The highest BCUT2D eigenvalue weighted by atomic mass is 32.2. The SMILES string of the molecule is Cc1ccc(N(CC(=O)NC2CCN(C)CC2)S(=O)(=O)c2ccccc2)cc1. The minimum absolute atomic E-state index is 0.0861. The number of anilines is 1. The van der Waals surface area contributed by atoms with Crippen molar-refractivity contribution in [2.24, 2.45) is 0 Å². The summed E-state index contributed by atoms with van der Waals surface area (Å²) in [6.07, 6.45) is 1.75. The fourth-order valence-electron chi connectivity index (χ4n) is 3.30. The molecule has 1 fully saturated rings. The highest BCUT2D eigenvalue weighted by Gasteiger charge is 2.28. The van der Waals surface area contributed by atoms with E-state index in [1.807, 2.05) is 19.1 Å². The molecule has 0 aliphatic carbocycles.